The Balaban J connectivity index is 1.67. The number of carbonyl (C=O) groups is 2. The summed E-state index contributed by atoms with van der Waals surface area (Å²) in [7, 11) is 0. The Morgan fingerprint density at radius 3 is 2.84 bits per heavy atom. The molecule has 0 spiro atoms. The molecule has 0 bridgehead atoms. The van der Waals surface area contributed by atoms with Crippen LogP contribution < -0.4 is 0 Å². The quantitative estimate of drug-likeness (QED) is 0.781. The molecule has 25 heavy (non-hydrogen) atoms. The second-order valence-electron chi connectivity index (χ2n) is 6.26. The number of nitrogens with zero attached hydrogens (tertiary/aromatic N) is 1. The zero-order valence-electron chi connectivity index (χ0n) is 13.4. The summed E-state index contributed by atoms with van der Waals surface area (Å²) < 4.78 is 48.6. The van der Waals surface area contributed by atoms with E-state index >= 15 is 0 Å². The summed E-state index contributed by atoms with van der Waals surface area (Å²) in [5, 5.41) is 0. The predicted molar refractivity (Wildman–Crippen MR) is 80.3 cm³/mol. The maximum Gasteiger partial charge on any atom is 0.416 e. The number of fused-ring (bicyclic) bond motifs is 1. The van der Waals surface area contributed by atoms with Crippen molar-refractivity contribution < 1.29 is 31.9 Å². The highest BCUT2D eigenvalue weighted by Gasteiger charge is 2.33. The third-order valence-corrected chi connectivity index (χ3v) is 4.37. The molecule has 0 amide bonds. The van der Waals surface area contributed by atoms with E-state index in [9.17, 15) is 22.8 Å². The highest BCUT2D eigenvalue weighted by atomic mass is 19.4. The van der Waals surface area contributed by atoms with Crippen molar-refractivity contribution in [1.82, 2.24) is 4.98 Å². The molecule has 2 aromatic rings. The van der Waals surface area contributed by atoms with Gasteiger partial charge in [-0.25, -0.2) is 4.98 Å². The van der Waals surface area contributed by atoms with Crippen LogP contribution in [-0.4, -0.2) is 16.7 Å². The first-order valence-corrected chi connectivity index (χ1v) is 7.89. The molecule has 1 aliphatic carbocycles. The van der Waals surface area contributed by atoms with Gasteiger partial charge < -0.3 is 9.15 Å². The number of esters is 1. The minimum Gasteiger partial charge on any atom is -0.455 e. The van der Waals surface area contributed by atoms with Crippen LogP contribution in [0.5, 0.6) is 0 Å². The number of carbonyl (C=O) groups excluding carboxylic acids is 2. The third-order valence-electron chi connectivity index (χ3n) is 4.37. The first-order chi connectivity index (χ1) is 11.7. The number of benzene rings is 1. The van der Waals surface area contributed by atoms with Crippen LogP contribution in [0.3, 0.4) is 0 Å². The maximum absolute atomic E-state index is 12.7. The van der Waals surface area contributed by atoms with Crippen molar-refractivity contribution in [3.63, 3.8) is 0 Å². The van der Waals surface area contributed by atoms with E-state index < -0.39 is 17.7 Å². The van der Waals surface area contributed by atoms with Crippen molar-refractivity contribution in [1.29, 1.82) is 0 Å². The fourth-order valence-corrected chi connectivity index (χ4v) is 3.01. The highest BCUT2D eigenvalue weighted by Crippen LogP contribution is 2.32. The van der Waals surface area contributed by atoms with Gasteiger partial charge in [-0.15, -0.1) is 0 Å². The second kappa shape index (κ2) is 6.50. The number of alkyl halides is 3. The van der Waals surface area contributed by atoms with Crippen molar-refractivity contribution in [2.24, 2.45) is 11.8 Å². The molecular weight excluding hydrogens is 339 g/mol. The first kappa shape index (κ1) is 17.4. The van der Waals surface area contributed by atoms with Gasteiger partial charge in [-0.2, -0.15) is 13.2 Å². The molecular formula is C17H16F3NO4. The largest absolute Gasteiger partial charge is 0.455 e. The van der Waals surface area contributed by atoms with Crippen LogP contribution in [0, 0.1) is 11.8 Å². The van der Waals surface area contributed by atoms with Crippen LogP contribution >= 0.6 is 0 Å². The fourth-order valence-electron chi connectivity index (χ4n) is 3.01. The zero-order chi connectivity index (χ0) is 18.2. The van der Waals surface area contributed by atoms with Crippen LogP contribution in [0.4, 0.5) is 13.2 Å². The number of halogens is 3. The smallest absolute Gasteiger partial charge is 0.416 e. The van der Waals surface area contributed by atoms with Crippen molar-refractivity contribution in [3.05, 3.63) is 29.7 Å². The Labute approximate surface area is 141 Å². The second-order valence-corrected chi connectivity index (χ2v) is 6.26. The number of ether oxygens (including phenoxy) is 1. The Morgan fingerprint density at radius 1 is 1.40 bits per heavy atom. The van der Waals surface area contributed by atoms with Crippen LogP contribution in [-0.2, 0) is 27.1 Å². The SMILES string of the molecule is C[C@@H]1CC(=O)CC[C@@H]1C(=O)OCc1nc2cc(C(F)(F)F)ccc2o1. The van der Waals surface area contributed by atoms with Gasteiger partial charge in [0.15, 0.2) is 12.2 Å². The van der Waals surface area contributed by atoms with Crippen LogP contribution in [0.15, 0.2) is 22.6 Å². The lowest BCUT2D eigenvalue weighted by molar-refractivity contribution is -0.154. The molecule has 1 saturated carbocycles. The molecule has 0 saturated heterocycles. The Hall–Kier alpha value is -2.38. The van der Waals surface area contributed by atoms with Gasteiger partial charge in [-0.3, -0.25) is 9.59 Å². The minimum absolute atomic E-state index is 0.0298. The van der Waals surface area contributed by atoms with Crippen molar-refractivity contribution >= 4 is 22.9 Å². The molecule has 0 aliphatic heterocycles. The van der Waals surface area contributed by atoms with E-state index in [1.807, 2.05) is 6.92 Å². The summed E-state index contributed by atoms with van der Waals surface area (Å²) in [6.45, 7) is 1.56. The van der Waals surface area contributed by atoms with Gasteiger partial charge in [-0.1, -0.05) is 6.92 Å². The topological polar surface area (TPSA) is 69.4 Å². The number of rotatable bonds is 3. The number of ketones is 1. The van der Waals surface area contributed by atoms with Crippen LogP contribution in [0.2, 0.25) is 0 Å². The molecule has 1 fully saturated rings. The molecule has 2 atom stereocenters. The summed E-state index contributed by atoms with van der Waals surface area (Å²) in [6.07, 6.45) is -3.31. The normalized spacial score (nSPS) is 21.5. The number of hydrogen-bond donors (Lipinski definition) is 0. The molecule has 1 aromatic carbocycles. The average Bonchev–Trinajstić information content (AvgIpc) is 2.93. The Kier molecular flexibility index (Phi) is 4.53. The first-order valence-electron chi connectivity index (χ1n) is 7.89. The predicted octanol–water partition coefficient (Wildman–Crippen LogP) is 3.90. The molecule has 8 heteroatoms. The Bertz CT molecular complexity index is 812. The van der Waals surface area contributed by atoms with Gasteiger partial charge in [0.1, 0.15) is 11.3 Å². The number of Topliss-reactive ketones (excluding diaryl/α,β-unsaturated/α-hetero) is 1. The summed E-state index contributed by atoms with van der Waals surface area (Å²) >= 11 is 0. The van der Waals surface area contributed by atoms with Crippen LogP contribution in [0.25, 0.3) is 11.1 Å². The highest BCUT2D eigenvalue weighted by molar-refractivity contribution is 5.83. The standard InChI is InChI=1S/C17H16F3NO4/c1-9-6-11(22)3-4-12(9)16(23)24-8-15-21-13-7-10(17(18,19)20)2-5-14(13)25-15/h2,5,7,9,12H,3-4,6,8H2,1H3/t9-,12+/m1/s1. The van der Waals surface area contributed by atoms with Gasteiger partial charge in [0.25, 0.3) is 0 Å². The maximum atomic E-state index is 12.7. The van der Waals surface area contributed by atoms with E-state index in [2.05, 4.69) is 4.98 Å². The van der Waals surface area contributed by atoms with Gasteiger partial charge in [-0.05, 0) is 30.5 Å². The van der Waals surface area contributed by atoms with Crippen LogP contribution in [0.1, 0.15) is 37.6 Å². The lowest BCUT2D eigenvalue weighted by atomic mass is 9.80. The fraction of sp³-hybridized carbons (Fsp3) is 0.471. The van der Waals surface area contributed by atoms with Gasteiger partial charge in [0.2, 0.25) is 5.89 Å². The summed E-state index contributed by atoms with van der Waals surface area (Å²) in [5.41, 5.74) is -0.578. The van der Waals surface area contributed by atoms with E-state index in [-0.39, 0.29) is 41.2 Å². The summed E-state index contributed by atoms with van der Waals surface area (Å²) in [4.78, 5) is 27.4. The van der Waals surface area contributed by atoms with Gasteiger partial charge in [0, 0.05) is 12.8 Å². The van der Waals surface area contributed by atoms with E-state index in [4.69, 9.17) is 9.15 Å². The minimum atomic E-state index is -4.46. The zero-order valence-corrected chi connectivity index (χ0v) is 13.4. The number of aromatic nitrogens is 1. The van der Waals surface area contributed by atoms with E-state index in [0.717, 1.165) is 12.1 Å². The lowest BCUT2D eigenvalue weighted by Gasteiger charge is -2.25. The van der Waals surface area contributed by atoms with Gasteiger partial charge >= 0.3 is 12.1 Å². The van der Waals surface area contributed by atoms with Crippen molar-refractivity contribution in [3.8, 4) is 0 Å². The molecule has 1 heterocycles. The van der Waals surface area contributed by atoms with E-state index in [0.29, 0.717) is 19.3 Å². The van der Waals surface area contributed by atoms with E-state index in [1.54, 1.807) is 0 Å². The molecule has 0 unspecified atom stereocenters. The number of hydrogen-bond acceptors (Lipinski definition) is 5. The summed E-state index contributed by atoms with van der Waals surface area (Å²) in [5.74, 6) is -0.734. The Morgan fingerprint density at radius 2 is 2.16 bits per heavy atom. The van der Waals surface area contributed by atoms with Gasteiger partial charge in [0.05, 0.1) is 11.5 Å². The van der Waals surface area contributed by atoms with E-state index in [1.165, 1.54) is 6.07 Å². The molecule has 0 N–H and O–H groups in total. The summed E-state index contributed by atoms with van der Waals surface area (Å²) in [6, 6.07) is 2.98. The average molecular weight is 355 g/mol. The molecule has 1 aliphatic rings. The van der Waals surface area contributed by atoms with Crippen molar-refractivity contribution in [2.75, 3.05) is 0 Å². The molecule has 3 rings (SSSR count). The van der Waals surface area contributed by atoms with Crippen molar-refractivity contribution in [2.45, 2.75) is 39.0 Å². The monoisotopic (exact) mass is 355 g/mol. The number of oxazole rings is 1. The molecule has 1 aromatic heterocycles. The molecule has 0 radical (unpaired) electrons. The molecule has 134 valence electrons. The lowest BCUT2D eigenvalue weighted by Crippen LogP contribution is -2.30. The molecule has 5 nitrogen and oxygen atoms in total. The third kappa shape index (κ3) is 3.83.